The molecule has 1 aromatic carbocycles. The lowest BCUT2D eigenvalue weighted by Crippen LogP contribution is -2.26. The van der Waals surface area contributed by atoms with Crippen LogP contribution in [-0.4, -0.2) is 20.6 Å². The summed E-state index contributed by atoms with van der Waals surface area (Å²) < 4.78 is 2.12. The summed E-state index contributed by atoms with van der Waals surface area (Å²) in [6.07, 6.45) is 3.33. The maximum Gasteiger partial charge on any atom is 0.160 e. The van der Waals surface area contributed by atoms with E-state index in [0.29, 0.717) is 11.6 Å². The number of nitrogens with two attached hydrogens (primary N) is 1. The molecule has 3 aromatic rings. The molecule has 5 heteroatoms. The van der Waals surface area contributed by atoms with Gasteiger partial charge in [-0.2, -0.15) is 0 Å². The van der Waals surface area contributed by atoms with Crippen LogP contribution in [0.1, 0.15) is 24.7 Å². The van der Waals surface area contributed by atoms with Crippen molar-refractivity contribution in [3.63, 3.8) is 0 Å². The van der Waals surface area contributed by atoms with Crippen LogP contribution in [-0.2, 0) is 13.0 Å². The Hall–Kier alpha value is -1.91. The van der Waals surface area contributed by atoms with E-state index >= 15 is 0 Å². The van der Waals surface area contributed by atoms with Gasteiger partial charge in [-0.25, -0.2) is 9.97 Å². The van der Waals surface area contributed by atoms with Crippen LogP contribution in [0.2, 0.25) is 5.02 Å². The summed E-state index contributed by atoms with van der Waals surface area (Å²) in [5.41, 5.74) is 9.03. The van der Waals surface area contributed by atoms with E-state index < -0.39 is 0 Å². The predicted octanol–water partition coefficient (Wildman–Crippen LogP) is 3.41. The van der Waals surface area contributed by atoms with E-state index in [1.165, 1.54) is 5.56 Å². The Morgan fingerprint density at radius 3 is 2.77 bits per heavy atom. The summed E-state index contributed by atoms with van der Waals surface area (Å²) in [6, 6.07) is 12.2. The molecule has 0 aliphatic rings. The molecular weight excluding hydrogens is 296 g/mol. The summed E-state index contributed by atoms with van der Waals surface area (Å²) in [4.78, 5) is 9.16. The molecule has 0 aliphatic carbocycles. The smallest absolute Gasteiger partial charge is 0.160 e. The highest BCUT2D eigenvalue weighted by molar-refractivity contribution is 6.31. The van der Waals surface area contributed by atoms with Crippen molar-refractivity contribution >= 4 is 22.8 Å². The highest BCUT2D eigenvalue weighted by atomic mass is 35.5. The van der Waals surface area contributed by atoms with Crippen LogP contribution < -0.4 is 5.73 Å². The Morgan fingerprint density at radius 1 is 1.27 bits per heavy atom. The Bertz CT molecular complexity index is 767. The van der Waals surface area contributed by atoms with Gasteiger partial charge in [0, 0.05) is 25.2 Å². The lowest BCUT2D eigenvalue weighted by molar-refractivity contribution is 0.533. The summed E-state index contributed by atoms with van der Waals surface area (Å²) in [5, 5.41) is 0.600. The third-order valence-corrected chi connectivity index (χ3v) is 3.98. The van der Waals surface area contributed by atoms with Crippen LogP contribution in [0, 0.1) is 0 Å². The molecule has 1 unspecified atom stereocenters. The topological polar surface area (TPSA) is 56.7 Å². The lowest BCUT2D eigenvalue weighted by Gasteiger charge is -2.13. The SMILES string of the molecule is CCC(N)Cn1c(Cc2ccccc2)nc2cc(Cl)cnc21. The van der Waals surface area contributed by atoms with Crippen molar-refractivity contribution in [3.8, 4) is 0 Å². The standard InChI is InChI=1S/C17H19ClN4/c1-2-14(19)11-22-16(8-12-6-4-3-5-7-12)21-15-9-13(18)10-20-17(15)22/h3-7,9-10,14H,2,8,11,19H2,1H3. The second-order valence-electron chi connectivity index (χ2n) is 5.47. The monoisotopic (exact) mass is 314 g/mol. The van der Waals surface area contributed by atoms with Crippen molar-refractivity contribution in [3.05, 3.63) is 59.0 Å². The zero-order chi connectivity index (χ0) is 15.5. The van der Waals surface area contributed by atoms with Crippen molar-refractivity contribution in [2.45, 2.75) is 32.4 Å². The molecule has 0 saturated carbocycles. The molecule has 2 N–H and O–H groups in total. The Labute approximate surface area is 134 Å². The summed E-state index contributed by atoms with van der Waals surface area (Å²) in [7, 11) is 0. The van der Waals surface area contributed by atoms with Gasteiger partial charge >= 0.3 is 0 Å². The van der Waals surface area contributed by atoms with E-state index in [1.54, 1.807) is 6.20 Å². The summed E-state index contributed by atoms with van der Waals surface area (Å²) >= 11 is 6.04. The number of aromatic nitrogens is 3. The fourth-order valence-electron chi connectivity index (χ4n) is 2.50. The lowest BCUT2D eigenvalue weighted by atomic mass is 10.1. The second kappa shape index (κ2) is 6.46. The Kier molecular flexibility index (Phi) is 4.41. The van der Waals surface area contributed by atoms with Crippen LogP contribution >= 0.6 is 11.6 Å². The van der Waals surface area contributed by atoms with Gasteiger partial charge in [-0.3, -0.25) is 0 Å². The van der Waals surface area contributed by atoms with Gasteiger partial charge in [0.25, 0.3) is 0 Å². The molecule has 0 bridgehead atoms. The summed E-state index contributed by atoms with van der Waals surface area (Å²) in [6.45, 7) is 2.80. The molecule has 3 rings (SSSR count). The number of pyridine rings is 1. The van der Waals surface area contributed by atoms with Gasteiger partial charge in [0.15, 0.2) is 5.65 Å². The third-order valence-electron chi connectivity index (χ3n) is 3.78. The summed E-state index contributed by atoms with van der Waals surface area (Å²) in [5.74, 6) is 0.972. The van der Waals surface area contributed by atoms with E-state index in [1.807, 2.05) is 24.3 Å². The molecule has 0 saturated heterocycles. The highest BCUT2D eigenvalue weighted by Gasteiger charge is 2.14. The highest BCUT2D eigenvalue weighted by Crippen LogP contribution is 2.20. The van der Waals surface area contributed by atoms with Crippen molar-refractivity contribution in [2.75, 3.05) is 0 Å². The molecule has 1 atom stereocenters. The first-order valence-electron chi connectivity index (χ1n) is 7.47. The molecule has 2 aromatic heterocycles. The number of halogens is 1. The van der Waals surface area contributed by atoms with Crippen LogP contribution in [0.3, 0.4) is 0 Å². The number of fused-ring (bicyclic) bond motifs is 1. The van der Waals surface area contributed by atoms with Crippen molar-refractivity contribution in [1.82, 2.24) is 14.5 Å². The molecule has 2 heterocycles. The minimum absolute atomic E-state index is 0.0874. The van der Waals surface area contributed by atoms with Gasteiger partial charge in [0.05, 0.1) is 5.02 Å². The number of imidazole rings is 1. The Morgan fingerprint density at radius 2 is 2.05 bits per heavy atom. The number of rotatable bonds is 5. The number of nitrogens with zero attached hydrogens (tertiary/aromatic N) is 3. The molecule has 0 spiro atoms. The van der Waals surface area contributed by atoms with Crippen LogP contribution in [0.4, 0.5) is 0 Å². The van der Waals surface area contributed by atoms with E-state index in [4.69, 9.17) is 22.3 Å². The minimum Gasteiger partial charge on any atom is -0.326 e. The van der Waals surface area contributed by atoms with Crippen molar-refractivity contribution in [2.24, 2.45) is 5.73 Å². The maximum atomic E-state index is 6.14. The molecule has 0 aliphatic heterocycles. The van der Waals surface area contributed by atoms with Gasteiger partial charge in [-0.1, -0.05) is 48.9 Å². The van der Waals surface area contributed by atoms with Gasteiger partial charge < -0.3 is 10.3 Å². The van der Waals surface area contributed by atoms with Crippen LogP contribution in [0.25, 0.3) is 11.2 Å². The van der Waals surface area contributed by atoms with Gasteiger partial charge in [-0.15, -0.1) is 0 Å². The van der Waals surface area contributed by atoms with Gasteiger partial charge in [-0.05, 0) is 18.1 Å². The third kappa shape index (κ3) is 3.13. The van der Waals surface area contributed by atoms with E-state index in [9.17, 15) is 0 Å². The Balaban J connectivity index is 2.04. The second-order valence-corrected chi connectivity index (χ2v) is 5.90. The zero-order valence-corrected chi connectivity index (χ0v) is 13.3. The van der Waals surface area contributed by atoms with E-state index in [-0.39, 0.29) is 6.04 Å². The first kappa shape index (κ1) is 15.0. The maximum absolute atomic E-state index is 6.14. The largest absolute Gasteiger partial charge is 0.326 e. The van der Waals surface area contributed by atoms with Crippen molar-refractivity contribution < 1.29 is 0 Å². The average molecular weight is 315 g/mol. The van der Waals surface area contributed by atoms with E-state index in [0.717, 1.165) is 29.8 Å². The van der Waals surface area contributed by atoms with E-state index in [2.05, 4.69) is 28.6 Å². The normalized spacial score (nSPS) is 12.7. The quantitative estimate of drug-likeness (QED) is 0.785. The first-order chi connectivity index (χ1) is 10.7. The van der Waals surface area contributed by atoms with Crippen LogP contribution in [0.15, 0.2) is 42.6 Å². The predicted molar refractivity (Wildman–Crippen MR) is 90.1 cm³/mol. The van der Waals surface area contributed by atoms with Crippen LogP contribution in [0.5, 0.6) is 0 Å². The van der Waals surface area contributed by atoms with Gasteiger partial charge in [0.2, 0.25) is 0 Å². The average Bonchev–Trinajstić information content (AvgIpc) is 2.84. The molecule has 4 nitrogen and oxygen atoms in total. The molecule has 114 valence electrons. The minimum atomic E-state index is 0.0874. The fourth-order valence-corrected chi connectivity index (χ4v) is 2.65. The van der Waals surface area contributed by atoms with Gasteiger partial charge in [0.1, 0.15) is 11.3 Å². The number of benzene rings is 1. The molecule has 0 amide bonds. The molecule has 0 fully saturated rings. The molecular formula is C17H19ClN4. The molecule has 22 heavy (non-hydrogen) atoms. The molecule has 0 radical (unpaired) electrons. The number of hydrogen-bond donors (Lipinski definition) is 1. The zero-order valence-electron chi connectivity index (χ0n) is 12.5. The fraction of sp³-hybridized carbons (Fsp3) is 0.294. The van der Waals surface area contributed by atoms with Crippen molar-refractivity contribution in [1.29, 1.82) is 0 Å². The number of hydrogen-bond acceptors (Lipinski definition) is 3. The first-order valence-corrected chi connectivity index (χ1v) is 7.85.